The number of nitrogens with zero attached hydrogens (tertiary/aromatic N) is 3. The first kappa shape index (κ1) is 19.2. The second kappa shape index (κ2) is 8.01. The van der Waals surface area contributed by atoms with Gasteiger partial charge >= 0.3 is 5.51 Å². The average molecular weight is 413 g/mol. The number of amides is 1. The highest BCUT2D eigenvalue weighted by Crippen LogP contribution is 2.37. The number of hydrogen-bond donors (Lipinski definition) is 1. The number of aromatic nitrogens is 3. The highest BCUT2D eigenvalue weighted by Gasteiger charge is 2.32. The lowest BCUT2D eigenvalue weighted by atomic mass is 10.2. The van der Waals surface area contributed by atoms with Crippen molar-refractivity contribution >= 4 is 29.3 Å². The molecule has 0 spiro atoms. The predicted molar refractivity (Wildman–Crippen MR) is 95.9 cm³/mol. The molecule has 1 aromatic carbocycles. The number of halogens is 4. The van der Waals surface area contributed by atoms with Crippen LogP contribution in [-0.4, -0.2) is 26.2 Å². The zero-order chi connectivity index (χ0) is 19.4. The maximum atomic E-state index is 12.6. The Kier molecular flexibility index (Phi) is 5.71. The Balaban J connectivity index is 1.67. The normalized spacial score (nSPS) is 11.4. The van der Waals surface area contributed by atoms with Crippen LogP contribution in [0.3, 0.4) is 0 Å². The van der Waals surface area contributed by atoms with Crippen molar-refractivity contribution in [2.45, 2.75) is 17.1 Å². The number of rotatable bonds is 5. The standard InChI is InChI=1S/C17H12ClF3N4OS/c18-12-3-5-13(6-4-12)25-10-11(9-24-25)8-23-15(26)14-2-1-7-22-16(14)27-17(19,20)21/h1-7,9-10H,8H2,(H,23,26). The predicted octanol–water partition coefficient (Wildman–Crippen LogP) is 4.46. The number of nitrogens with one attached hydrogen (secondary N) is 1. The number of carbonyl (C=O) groups excluding carboxylic acids is 1. The number of thioether (sulfide) groups is 1. The molecular weight excluding hydrogens is 401 g/mol. The van der Waals surface area contributed by atoms with Crippen molar-refractivity contribution in [3.8, 4) is 5.69 Å². The molecule has 3 rings (SSSR count). The summed E-state index contributed by atoms with van der Waals surface area (Å²) in [5.41, 5.74) is -3.19. The van der Waals surface area contributed by atoms with Crippen molar-refractivity contribution in [1.29, 1.82) is 0 Å². The molecule has 5 nitrogen and oxygen atoms in total. The molecule has 0 bridgehead atoms. The van der Waals surface area contributed by atoms with Crippen LogP contribution in [0.15, 0.2) is 60.0 Å². The van der Waals surface area contributed by atoms with Crippen LogP contribution >= 0.6 is 23.4 Å². The first-order valence-corrected chi connectivity index (χ1v) is 8.80. The van der Waals surface area contributed by atoms with Gasteiger partial charge in [-0.25, -0.2) is 9.67 Å². The summed E-state index contributed by atoms with van der Waals surface area (Å²) in [4.78, 5) is 15.9. The van der Waals surface area contributed by atoms with Crippen LogP contribution < -0.4 is 5.32 Å². The summed E-state index contributed by atoms with van der Waals surface area (Å²) in [6, 6.07) is 9.73. The quantitative estimate of drug-likeness (QED) is 0.628. The molecule has 0 aliphatic heterocycles. The molecule has 0 saturated heterocycles. The van der Waals surface area contributed by atoms with E-state index in [1.165, 1.54) is 18.3 Å². The average Bonchev–Trinajstić information content (AvgIpc) is 3.08. The second-order valence-corrected chi connectivity index (χ2v) is 6.85. The van der Waals surface area contributed by atoms with E-state index in [0.29, 0.717) is 10.6 Å². The summed E-state index contributed by atoms with van der Waals surface area (Å²) in [6.07, 6.45) is 4.47. The van der Waals surface area contributed by atoms with Crippen LogP contribution in [-0.2, 0) is 6.54 Å². The van der Waals surface area contributed by atoms with Gasteiger partial charge in [0.2, 0.25) is 0 Å². The summed E-state index contributed by atoms with van der Waals surface area (Å²) in [5.74, 6) is -0.644. The summed E-state index contributed by atoms with van der Waals surface area (Å²) < 4.78 is 39.4. The Bertz CT molecular complexity index is 944. The van der Waals surface area contributed by atoms with E-state index in [2.05, 4.69) is 15.4 Å². The second-order valence-electron chi connectivity index (χ2n) is 5.36. The number of pyridine rings is 1. The number of alkyl halides is 3. The largest absolute Gasteiger partial charge is 0.447 e. The van der Waals surface area contributed by atoms with Gasteiger partial charge in [-0.05, 0) is 36.4 Å². The van der Waals surface area contributed by atoms with Gasteiger partial charge < -0.3 is 5.32 Å². The van der Waals surface area contributed by atoms with Crippen molar-refractivity contribution in [2.24, 2.45) is 0 Å². The highest BCUT2D eigenvalue weighted by molar-refractivity contribution is 8.00. The molecule has 0 unspecified atom stereocenters. The summed E-state index contributed by atoms with van der Waals surface area (Å²) >= 11 is 5.43. The first-order valence-electron chi connectivity index (χ1n) is 7.60. The van der Waals surface area contributed by atoms with E-state index in [-0.39, 0.29) is 17.1 Å². The van der Waals surface area contributed by atoms with Crippen LogP contribution in [0.4, 0.5) is 13.2 Å². The molecule has 2 aromatic heterocycles. The van der Waals surface area contributed by atoms with Crippen molar-refractivity contribution in [2.75, 3.05) is 0 Å². The lowest BCUT2D eigenvalue weighted by Crippen LogP contribution is -2.23. The molecular formula is C17H12ClF3N4OS. The van der Waals surface area contributed by atoms with Crippen molar-refractivity contribution in [3.05, 3.63) is 71.1 Å². The fraction of sp³-hybridized carbons (Fsp3) is 0.118. The topological polar surface area (TPSA) is 59.8 Å². The molecule has 0 atom stereocenters. The van der Waals surface area contributed by atoms with E-state index < -0.39 is 23.2 Å². The maximum absolute atomic E-state index is 12.6. The van der Waals surface area contributed by atoms with Gasteiger partial charge in [0.15, 0.2) is 0 Å². The minimum atomic E-state index is -4.52. The number of carbonyl (C=O) groups is 1. The van der Waals surface area contributed by atoms with Gasteiger partial charge in [0.1, 0.15) is 5.03 Å². The van der Waals surface area contributed by atoms with Gasteiger partial charge in [-0.1, -0.05) is 11.6 Å². The minimum absolute atomic E-state index is 0.109. The fourth-order valence-corrected chi connectivity index (χ4v) is 2.95. The third-order valence-electron chi connectivity index (χ3n) is 3.41. The number of hydrogen-bond acceptors (Lipinski definition) is 4. The van der Waals surface area contributed by atoms with Gasteiger partial charge in [0.25, 0.3) is 5.91 Å². The molecule has 3 aromatic rings. The van der Waals surface area contributed by atoms with E-state index in [9.17, 15) is 18.0 Å². The van der Waals surface area contributed by atoms with Crippen molar-refractivity contribution < 1.29 is 18.0 Å². The molecule has 0 aliphatic carbocycles. The molecule has 0 saturated carbocycles. The van der Waals surface area contributed by atoms with E-state index >= 15 is 0 Å². The Morgan fingerprint density at radius 1 is 1.22 bits per heavy atom. The van der Waals surface area contributed by atoms with Gasteiger partial charge in [-0.2, -0.15) is 18.3 Å². The van der Waals surface area contributed by atoms with Crippen LogP contribution in [0, 0.1) is 0 Å². The molecule has 10 heteroatoms. The zero-order valence-electron chi connectivity index (χ0n) is 13.6. The first-order chi connectivity index (χ1) is 12.8. The lowest BCUT2D eigenvalue weighted by Gasteiger charge is -2.09. The summed E-state index contributed by atoms with van der Waals surface area (Å²) in [6.45, 7) is 0.109. The number of benzene rings is 1. The van der Waals surface area contributed by atoms with Crippen LogP contribution in [0.1, 0.15) is 15.9 Å². The SMILES string of the molecule is O=C(NCc1cnn(-c2ccc(Cl)cc2)c1)c1cccnc1SC(F)(F)F. The minimum Gasteiger partial charge on any atom is -0.348 e. The van der Waals surface area contributed by atoms with E-state index in [4.69, 9.17) is 11.6 Å². The Morgan fingerprint density at radius 2 is 1.96 bits per heavy atom. The third kappa shape index (κ3) is 5.24. The molecule has 1 amide bonds. The molecule has 0 aliphatic rings. The Labute approximate surface area is 161 Å². The van der Waals surface area contributed by atoms with E-state index in [1.54, 1.807) is 41.3 Å². The smallest absolute Gasteiger partial charge is 0.348 e. The monoisotopic (exact) mass is 412 g/mol. The summed E-state index contributed by atoms with van der Waals surface area (Å²) in [5, 5.41) is 6.98. The zero-order valence-corrected chi connectivity index (χ0v) is 15.1. The van der Waals surface area contributed by atoms with Gasteiger partial charge in [-0.3, -0.25) is 4.79 Å². The molecule has 140 valence electrons. The van der Waals surface area contributed by atoms with Crippen LogP contribution in [0.5, 0.6) is 0 Å². The van der Waals surface area contributed by atoms with Gasteiger partial charge in [0, 0.05) is 41.3 Å². The maximum Gasteiger partial charge on any atom is 0.447 e. The Hall–Kier alpha value is -2.52. The molecule has 0 radical (unpaired) electrons. The van der Waals surface area contributed by atoms with Crippen LogP contribution in [0.2, 0.25) is 5.02 Å². The molecule has 0 fully saturated rings. The molecule has 1 N–H and O–H groups in total. The third-order valence-corrected chi connectivity index (χ3v) is 4.41. The lowest BCUT2D eigenvalue weighted by molar-refractivity contribution is -0.0329. The molecule has 2 heterocycles. The van der Waals surface area contributed by atoms with Crippen LogP contribution in [0.25, 0.3) is 5.69 Å². The van der Waals surface area contributed by atoms with Crippen molar-refractivity contribution in [1.82, 2.24) is 20.1 Å². The Morgan fingerprint density at radius 3 is 2.67 bits per heavy atom. The van der Waals surface area contributed by atoms with E-state index in [1.807, 2.05) is 0 Å². The fourth-order valence-electron chi connectivity index (χ4n) is 2.22. The van der Waals surface area contributed by atoms with Gasteiger partial charge in [0.05, 0.1) is 17.4 Å². The molecule has 27 heavy (non-hydrogen) atoms. The van der Waals surface area contributed by atoms with E-state index in [0.717, 1.165) is 5.69 Å². The van der Waals surface area contributed by atoms with Gasteiger partial charge in [-0.15, -0.1) is 0 Å². The summed E-state index contributed by atoms with van der Waals surface area (Å²) in [7, 11) is 0. The van der Waals surface area contributed by atoms with Crippen molar-refractivity contribution in [3.63, 3.8) is 0 Å². The highest BCUT2D eigenvalue weighted by atomic mass is 35.5.